The van der Waals surface area contributed by atoms with Crippen LogP contribution in [-0.2, 0) is 16.1 Å². The molecule has 3 heterocycles. The summed E-state index contributed by atoms with van der Waals surface area (Å²) in [6.07, 6.45) is 4.82. The zero-order chi connectivity index (χ0) is 26.7. The minimum absolute atomic E-state index is 0.211. The molecule has 0 bridgehead atoms. The van der Waals surface area contributed by atoms with Crippen LogP contribution in [0.4, 0.5) is 0 Å². The van der Waals surface area contributed by atoms with E-state index >= 15 is 0 Å². The smallest absolute Gasteiger partial charge is 0.223 e. The molecule has 1 atom stereocenters. The van der Waals surface area contributed by atoms with Gasteiger partial charge in [-0.15, -0.1) is 0 Å². The monoisotopic (exact) mass is 537 g/mol. The number of hydrogen-bond acceptors (Lipinski definition) is 4. The number of piperidine rings is 1. The van der Waals surface area contributed by atoms with Crippen LogP contribution in [0.1, 0.15) is 50.3 Å². The van der Waals surface area contributed by atoms with Crippen molar-refractivity contribution in [3.63, 3.8) is 0 Å². The average molecular weight is 538 g/mol. The van der Waals surface area contributed by atoms with Gasteiger partial charge in [0.25, 0.3) is 0 Å². The minimum atomic E-state index is -0.252. The lowest BCUT2D eigenvalue weighted by Crippen LogP contribution is -2.50. The third-order valence-corrected chi connectivity index (χ3v) is 8.50. The lowest BCUT2D eigenvalue weighted by atomic mass is 9.77. The van der Waals surface area contributed by atoms with Crippen LogP contribution in [0.3, 0.4) is 0 Å². The van der Waals surface area contributed by atoms with Gasteiger partial charge in [-0.3, -0.25) is 9.69 Å². The van der Waals surface area contributed by atoms with Gasteiger partial charge in [0.05, 0.1) is 19.8 Å². The van der Waals surface area contributed by atoms with Crippen molar-refractivity contribution >= 4 is 28.4 Å². The second kappa shape index (κ2) is 11.7. The van der Waals surface area contributed by atoms with E-state index in [2.05, 4.69) is 53.8 Å². The molecule has 1 aromatic heterocycles. The number of likely N-dealkylation sites (tertiary alicyclic amines) is 1. The molecule has 3 aromatic rings. The van der Waals surface area contributed by atoms with Crippen LogP contribution in [0.15, 0.2) is 48.7 Å². The first-order chi connectivity index (χ1) is 18.3. The number of halogens is 1. The number of carbonyl (C=O) groups is 1. The molecule has 204 valence electrons. The fourth-order valence-electron chi connectivity index (χ4n) is 6.02. The van der Waals surface area contributed by atoms with E-state index in [0.717, 1.165) is 48.8 Å². The number of amides is 1. The van der Waals surface area contributed by atoms with E-state index in [0.29, 0.717) is 45.4 Å². The van der Waals surface area contributed by atoms with Gasteiger partial charge in [-0.2, -0.15) is 0 Å². The van der Waals surface area contributed by atoms with Crippen LogP contribution < -0.4 is 4.74 Å². The molecule has 2 fully saturated rings. The number of aromatic nitrogens is 1. The first kappa shape index (κ1) is 27.0. The van der Waals surface area contributed by atoms with Gasteiger partial charge in [0.2, 0.25) is 5.91 Å². The van der Waals surface area contributed by atoms with Crippen molar-refractivity contribution in [1.82, 2.24) is 14.4 Å². The molecular weight excluding hydrogens is 498 g/mol. The molecular formula is C31H40ClN3O3. The standard InChI is InChI=1S/C31H40ClN3O3/c1-23(2)35-20-25(27-7-4-5-8-29(27)35)19-33-12-6-11-31(21-33,18-30(36)34-13-15-37-16-14-34)22-38-26-9-10-28(32)24(3)17-26/h4-5,7-10,17,20,23H,6,11-16,18-19,21-22H2,1-3H3. The van der Waals surface area contributed by atoms with Crippen molar-refractivity contribution in [2.24, 2.45) is 5.41 Å². The van der Waals surface area contributed by atoms with E-state index in [4.69, 9.17) is 21.1 Å². The Morgan fingerprint density at radius 2 is 1.92 bits per heavy atom. The number of rotatable bonds is 8. The number of morpholine rings is 1. The minimum Gasteiger partial charge on any atom is -0.493 e. The van der Waals surface area contributed by atoms with E-state index in [1.807, 2.05) is 30.0 Å². The summed E-state index contributed by atoms with van der Waals surface area (Å²) in [5.41, 5.74) is 3.37. The van der Waals surface area contributed by atoms with E-state index in [9.17, 15) is 4.79 Å². The van der Waals surface area contributed by atoms with Gasteiger partial charge in [0.1, 0.15) is 5.75 Å². The topological polar surface area (TPSA) is 46.9 Å². The second-order valence-corrected chi connectivity index (χ2v) is 11.8. The fourth-order valence-corrected chi connectivity index (χ4v) is 6.14. The summed E-state index contributed by atoms with van der Waals surface area (Å²) in [4.78, 5) is 18.0. The fraction of sp³-hybridized carbons (Fsp3) is 0.516. The number of carbonyl (C=O) groups excluding carboxylic acids is 1. The van der Waals surface area contributed by atoms with E-state index in [-0.39, 0.29) is 11.3 Å². The molecule has 38 heavy (non-hydrogen) atoms. The summed E-state index contributed by atoms with van der Waals surface area (Å²) in [7, 11) is 0. The number of para-hydroxylation sites is 1. The average Bonchev–Trinajstić information content (AvgIpc) is 3.29. The number of nitrogens with zero attached hydrogens (tertiary/aromatic N) is 3. The molecule has 1 amide bonds. The molecule has 0 aliphatic carbocycles. The Morgan fingerprint density at radius 1 is 1.13 bits per heavy atom. The van der Waals surface area contributed by atoms with Crippen LogP contribution >= 0.6 is 11.6 Å². The normalized spacial score (nSPS) is 20.8. The van der Waals surface area contributed by atoms with Gasteiger partial charge in [-0.05, 0) is 75.5 Å². The second-order valence-electron chi connectivity index (χ2n) is 11.4. The quantitative estimate of drug-likeness (QED) is 0.348. The predicted molar refractivity (Wildman–Crippen MR) is 153 cm³/mol. The van der Waals surface area contributed by atoms with E-state index in [1.54, 1.807) is 0 Å². The highest BCUT2D eigenvalue weighted by molar-refractivity contribution is 6.31. The summed E-state index contributed by atoms with van der Waals surface area (Å²) in [5.74, 6) is 1.02. The number of fused-ring (bicyclic) bond motifs is 1. The molecule has 0 radical (unpaired) electrons. The van der Waals surface area contributed by atoms with E-state index < -0.39 is 0 Å². The van der Waals surface area contributed by atoms with E-state index in [1.165, 1.54) is 16.5 Å². The summed E-state index contributed by atoms with van der Waals surface area (Å²) in [5, 5.41) is 2.05. The largest absolute Gasteiger partial charge is 0.493 e. The third-order valence-electron chi connectivity index (χ3n) is 8.08. The molecule has 0 saturated carbocycles. The Bertz CT molecular complexity index is 1270. The van der Waals surface area contributed by atoms with Crippen LogP contribution in [0.5, 0.6) is 5.75 Å². The summed E-state index contributed by atoms with van der Waals surface area (Å²) in [6.45, 7) is 12.3. The predicted octanol–water partition coefficient (Wildman–Crippen LogP) is 6.09. The zero-order valence-electron chi connectivity index (χ0n) is 22.9. The first-order valence-corrected chi connectivity index (χ1v) is 14.3. The molecule has 1 unspecified atom stereocenters. The van der Waals surface area contributed by atoms with Crippen molar-refractivity contribution in [2.75, 3.05) is 46.0 Å². The van der Waals surface area contributed by atoms with Crippen molar-refractivity contribution in [1.29, 1.82) is 0 Å². The highest BCUT2D eigenvalue weighted by atomic mass is 35.5. The maximum Gasteiger partial charge on any atom is 0.223 e. The summed E-state index contributed by atoms with van der Waals surface area (Å²) < 4.78 is 14.3. The summed E-state index contributed by atoms with van der Waals surface area (Å²) >= 11 is 6.25. The van der Waals surface area contributed by atoms with Gasteiger partial charge in [-0.25, -0.2) is 0 Å². The Morgan fingerprint density at radius 3 is 2.68 bits per heavy atom. The molecule has 2 aliphatic rings. The Balaban J connectivity index is 1.37. The SMILES string of the molecule is Cc1cc(OCC2(CC(=O)N3CCOCC3)CCCN(Cc3cn(C(C)C)c4ccccc34)C2)ccc1Cl. The Hall–Kier alpha value is -2.54. The molecule has 6 nitrogen and oxygen atoms in total. The number of hydrogen-bond donors (Lipinski definition) is 0. The van der Waals surface area contributed by atoms with Crippen LogP contribution in [-0.4, -0.2) is 66.3 Å². The molecule has 0 N–H and O–H groups in total. The van der Waals surface area contributed by atoms with Crippen molar-refractivity contribution in [2.45, 2.75) is 52.6 Å². The maximum absolute atomic E-state index is 13.5. The molecule has 5 rings (SSSR count). The lowest BCUT2D eigenvalue weighted by molar-refractivity contribution is -0.139. The Labute approximate surface area is 231 Å². The van der Waals surface area contributed by atoms with Gasteiger partial charge in [0.15, 0.2) is 0 Å². The van der Waals surface area contributed by atoms with Crippen molar-refractivity contribution in [3.8, 4) is 5.75 Å². The molecule has 2 aromatic carbocycles. The molecule has 7 heteroatoms. The summed E-state index contributed by atoms with van der Waals surface area (Å²) in [6, 6.07) is 14.9. The van der Waals surface area contributed by atoms with Crippen LogP contribution in [0.25, 0.3) is 10.9 Å². The van der Waals surface area contributed by atoms with Crippen molar-refractivity contribution in [3.05, 3.63) is 64.8 Å². The van der Waals surface area contributed by atoms with Gasteiger partial charge < -0.3 is 18.9 Å². The third kappa shape index (κ3) is 6.03. The zero-order valence-corrected chi connectivity index (χ0v) is 23.7. The lowest BCUT2D eigenvalue weighted by Gasteiger charge is -2.43. The maximum atomic E-state index is 13.5. The number of aryl methyl sites for hydroxylation is 1. The van der Waals surface area contributed by atoms with Gasteiger partial charge in [-0.1, -0.05) is 29.8 Å². The number of benzene rings is 2. The van der Waals surface area contributed by atoms with Crippen LogP contribution in [0.2, 0.25) is 5.02 Å². The van der Waals surface area contributed by atoms with Gasteiger partial charge in [0, 0.05) is 66.2 Å². The Kier molecular flexibility index (Phi) is 8.32. The molecule has 0 spiro atoms. The molecule has 2 saturated heterocycles. The highest BCUT2D eigenvalue weighted by Gasteiger charge is 2.40. The van der Waals surface area contributed by atoms with Gasteiger partial charge >= 0.3 is 0 Å². The van der Waals surface area contributed by atoms with Crippen molar-refractivity contribution < 1.29 is 14.3 Å². The first-order valence-electron chi connectivity index (χ1n) is 13.9. The molecule has 2 aliphatic heterocycles. The number of ether oxygens (including phenoxy) is 2. The highest BCUT2D eigenvalue weighted by Crippen LogP contribution is 2.37. The van der Waals surface area contributed by atoms with Crippen LogP contribution in [0, 0.1) is 12.3 Å².